The zero-order valence-corrected chi connectivity index (χ0v) is 10.7. The van der Waals surface area contributed by atoms with Crippen molar-refractivity contribution in [3.8, 4) is 0 Å². The van der Waals surface area contributed by atoms with Crippen molar-refractivity contribution in [2.45, 2.75) is 26.3 Å². The van der Waals surface area contributed by atoms with E-state index in [2.05, 4.69) is 5.32 Å². The lowest BCUT2D eigenvalue weighted by atomic mass is 9.95. The van der Waals surface area contributed by atoms with Crippen LogP contribution >= 0.6 is 0 Å². The number of nitrogens with zero attached hydrogens (tertiary/aromatic N) is 1. The highest BCUT2D eigenvalue weighted by Gasteiger charge is 2.40. The number of carbonyl (C=O) groups is 2. The fourth-order valence-corrected chi connectivity index (χ4v) is 2.33. The Labute approximate surface area is 105 Å². The number of carbonyl (C=O) groups excluding carboxylic acids is 1. The smallest absolute Gasteiger partial charge is 0.337 e. The fourth-order valence-electron chi connectivity index (χ4n) is 2.33. The number of hydrogen-bond acceptors (Lipinski definition) is 3. The number of benzene rings is 1. The number of rotatable bonds is 2. The first-order chi connectivity index (χ1) is 8.39. The molecular weight excluding hydrogens is 232 g/mol. The van der Waals surface area contributed by atoms with Gasteiger partial charge in [0, 0.05) is 6.54 Å². The maximum Gasteiger partial charge on any atom is 0.337 e. The molecule has 0 fully saturated rings. The molecule has 2 N–H and O–H groups in total. The summed E-state index contributed by atoms with van der Waals surface area (Å²) in [4.78, 5) is 25.2. The van der Waals surface area contributed by atoms with Gasteiger partial charge in [-0.3, -0.25) is 4.79 Å². The van der Waals surface area contributed by atoms with Crippen LogP contribution in [-0.4, -0.2) is 29.1 Å². The van der Waals surface area contributed by atoms with Crippen molar-refractivity contribution in [2.75, 3.05) is 16.8 Å². The van der Waals surface area contributed by atoms with E-state index in [0.717, 1.165) is 5.69 Å². The molecule has 0 saturated carbocycles. The second-order valence-electron chi connectivity index (χ2n) is 4.76. The largest absolute Gasteiger partial charge is 0.478 e. The van der Waals surface area contributed by atoms with E-state index in [1.807, 2.05) is 31.7 Å². The molecule has 1 aliphatic heterocycles. The SMILES string of the molecule is CCN1c2cccc(C(=O)O)c2NC(=O)C1(C)C. The molecule has 1 aromatic carbocycles. The third-order valence-corrected chi connectivity index (χ3v) is 3.35. The van der Waals surface area contributed by atoms with Crippen molar-refractivity contribution in [1.29, 1.82) is 0 Å². The summed E-state index contributed by atoms with van der Waals surface area (Å²) in [5, 5.41) is 11.8. The minimum atomic E-state index is -1.04. The average molecular weight is 248 g/mol. The molecule has 96 valence electrons. The molecule has 0 unspecified atom stereocenters. The van der Waals surface area contributed by atoms with Gasteiger partial charge in [-0.1, -0.05) is 6.07 Å². The summed E-state index contributed by atoms with van der Waals surface area (Å²) in [6, 6.07) is 5.01. The summed E-state index contributed by atoms with van der Waals surface area (Å²) in [7, 11) is 0. The summed E-state index contributed by atoms with van der Waals surface area (Å²) in [6.07, 6.45) is 0. The Kier molecular flexibility index (Phi) is 2.77. The van der Waals surface area contributed by atoms with Crippen LogP contribution in [0.1, 0.15) is 31.1 Å². The number of fused-ring (bicyclic) bond motifs is 1. The van der Waals surface area contributed by atoms with Crippen LogP contribution in [-0.2, 0) is 4.79 Å². The molecule has 1 aromatic rings. The lowest BCUT2D eigenvalue weighted by molar-refractivity contribution is -0.120. The summed E-state index contributed by atoms with van der Waals surface area (Å²) in [5.74, 6) is -1.23. The minimum absolute atomic E-state index is 0.120. The second kappa shape index (κ2) is 4.01. The van der Waals surface area contributed by atoms with Crippen molar-refractivity contribution >= 4 is 23.3 Å². The van der Waals surface area contributed by atoms with Gasteiger partial charge in [0.2, 0.25) is 5.91 Å². The lowest BCUT2D eigenvalue weighted by Gasteiger charge is -2.43. The number of aromatic carboxylic acids is 1. The topological polar surface area (TPSA) is 69.6 Å². The highest BCUT2D eigenvalue weighted by Crippen LogP contribution is 2.38. The van der Waals surface area contributed by atoms with Crippen LogP contribution in [0.15, 0.2) is 18.2 Å². The molecule has 5 nitrogen and oxygen atoms in total. The van der Waals surface area contributed by atoms with Crippen LogP contribution in [0.25, 0.3) is 0 Å². The Balaban J connectivity index is 2.65. The van der Waals surface area contributed by atoms with Gasteiger partial charge in [-0.25, -0.2) is 4.79 Å². The van der Waals surface area contributed by atoms with E-state index in [9.17, 15) is 9.59 Å². The Hall–Kier alpha value is -2.04. The Morgan fingerprint density at radius 1 is 1.44 bits per heavy atom. The van der Waals surface area contributed by atoms with Crippen LogP contribution in [0.4, 0.5) is 11.4 Å². The standard InChI is InChI=1S/C13H16N2O3/c1-4-15-9-7-5-6-8(11(16)17)10(9)14-12(18)13(15,2)3/h5-7H,4H2,1-3H3,(H,14,18)(H,16,17). The molecule has 1 amide bonds. The van der Waals surface area contributed by atoms with Gasteiger partial charge in [0.05, 0.1) is 16.9 Å². The number of likely N-dealkylation sites (N-methyl/N-ethyl adjacent to an activating group) is 1. The third-order valence-electron chi connectivity index (χ3n) is 3.35. The molecule has 1 aliphatic rings. The molecular formula is C13H16N2O3. The molecule has 0 saturated heterocycles. The molecule has 0 aliphatic carbocycles. The summed E-state index contributed by atoms with van der Waals surface area (Å²) < 4.78 is 0. The van der Waals surface area contributed by atoms with E-state index >= 15 is 0 Å². The molecule has 2 rings (SSSR count). The number of anilines is 2. The maximum absolute atomic E-state index is 12.1. The van der Waals surface area contributed by atoms with Crippen LogP contribution in [0.3, 0.4) is 0 Å². The Morgan fingerprint density at radius 2 is 2.11 bits per heavy atom. The summed E-state index contributed by atoms with van der Waals surface area (Å²) >= 11 is 0. The normalized spacial score (nSPS) is 17.1. The van der Waals surface area contributed by atoms with Gasteiger partial charge in [-0.15, -0.1) is 0 Å². The molecule has 5 heteroatoms. The van der Waals surface area contributed by atoms with Crippen molar-refractivity contribution in [3.63, 3.8) is 0 Å². The molecule has 0 aromatic heterocycles. The highest BCUT2D eigenvalue weighted by molar-refractivity contribution is 6.11. The van der Waals surface area contributed by atoms with Crippen molar-refractivity contribution in [1.82, 2.24) is 0 Å². The lowest BCUT2D eigenvalue weighted by Crippen LogP contribution is -2.56. The van der Waals surface area contributed by atoms with E-state index in [0.29, 0.717) is 12.2 Å². The van der Waals surface area contributed by atoms with Crippen molar-refractivity contribution in [2.24, 2.45) is 0 Å². The quantitative estimate of drug-likeness (QED) is 0.839. The molecule has 0 atom stereocenters. The van der Waals surface area contributed by atoms with E-state index in [1.165, 1.54) is 6.07 Å². The van der Waals surface area contributed by atoms with Gasteiger partial charge < -0.3 is 15.3 Å². The predicted octanol–water partition coefficient (Wildman–Crippen LogP) is 1.94. The maximum atomic E-state index is 12.1. The molecule has 1 heterocycles. The summed E-state index contributed by atoms with van der Waals surface area (Å²) in [5.41, 5.74) is 0.576. The second-order valence-corrected chi connectivity index (χ2v) is 4.76. The zero-order valence-electron chi connectivity index (χ0n) is 10.7. The first-order valence-electron chi connectivity index (χ1n) is 5.85. The number of para-hydroxylation sites is 1. The molecule has 0 spiro atoms. The third kappa shape index (κ3) is 1.63. The average Bonchev–Trinajstić information content (AvgIpc) is 2.29. The highest BCUT2D eigenvalue weighted by atomic mass is 16.4. The summed E-state index contributed by atoms with van der Waals surface area (Å²) in [6.45, 7) is 6.22. The van der Waals surface area contributed by atoms with Crippen molar-refractivity contribution < 1.29 is 14.7 Å². The molecule has 0 bridgehead atoms. The van der Waals surface area contributed by atoms with Crippen LogP contribution in [0, 0.1) is 0 Å². The number of amides is 1. The van der Waals surface area contributed by atoms with E-state index in [1.54, 1.807) is 6.07 Å². The molecule has 0 radical (unpaired) electrons. The monoisotopic (exact) mass is 248 g/mol. The number of nitrogens with one attached hydrogen (secondary N) is 1. The van der Waals surface area contributed by atoms with E-state index in [4.69, 9.17) is 5.11 Å². The van der Waals surface area contributed by atoms with Gasteiger partial charge in [0.25, 0.3) is 0 Å². The first-order valence-corrected chi connectivity index (χ1v) is 5.85. The van der Waals surface area contributed by atoms with E-state index in [-0.39, 0.29) is 11.5 Å². The number of hydrogen-bond donors (Lipinski definition) is 2. The number of carboxylic acids is 1. The van der Waals surface area contributed by atoms with Crippen molar-refractivity contribution in [3.05, 3.63) is 23.8 Å². The Morgan fingerprint density at radius 3 is 2.67 bits per heavy atom. The van der Waals surface area contributed by atoms with Gasteiger partial charge >= 0.3 is 5.97 Å². The zero-order chi connectivity index (χ0) is 13.5. The first kappa shape index (κ1) is 12.4. The van der Waals surface area contributed by atoms with Crippen LogP contribution in [0.5, 0.6) is 0 Å². The number of carboxylic acid groups (broad SMARTS) is 1. The Bertz CT molecular complexity index is 523. The minimum Gasteiger partial charge on any atom is -0.478 e. The fraction of sp³-hybridized carbons (Fsp3) is 0.385. The van der Waals surface area contributed by atoms with Gasteiger partial charge in [-0.2, -0.15) is 0 Å². The van der Waals surface area contributed by atoms with Gasteiger partial charge in [0.1, 0.15) is 5.54 Å². The van der Waals surface area contributed by atoms with E-state index < -0.39 is 11.5 Å². The predicted molar refractivity (Wildman–Crippen MR) is 69.1 cm³/mol. The van der Waals surface area contributed by atoms with Crippen LogP contribution in [0.2, 0.25) is 0 Å². The van der Waals surface area contributed by atoms with Gasteiger partial charge in [0.15, 0.2) is 0 Å². The van der Waals surface area contributed by atoms with Crippen LogP contribution < -0.4 is 10.2 Å². The molecule has 18 heavy (non-hydrogen) atoms. The van der Waals surface area contributed by atoms with Gasteiger partial charge in [-0.05, 0) is 32.9 Å².